The van der Waals surface area contributed by atoms with E-state index in [1.54, 1.807) is 6.07 Å². The van der Waals surface area contributed by atoms with E-state index < -0.39 is 11.9 Å². The standard InChI is InChI=1S/C14H18FNO2/c1-2-3-4-12(17)10-7-9-5-6-13(18)16-14(9)11(15)8-10/h7-8,12,17H,2-6H2,1H3,(H,16,18). The van der Waals surface area contributed by atoms with E-state index in [1.165, 1.54) is 6.07 Å². The topological polar surface area (TPSA) is 49.3 Å². The molecule has 3 nitrogen and oxygen atoms in total. The summed E-state index contributed by atoms with van der Waals surface area (Å²) in [5.74, 6) is -0.605. The lowest BCUT2D eigenvalue weighted by Crippen LogP contribution is -2.20. The van der Waals surface area contributed by atoms with E-state index in [9.17, 15) is 14.3 Å². The molecule has 1 aliphatic rings. The molecule has 1 unspecified atom stereocenters. The Balaban J connectivity index is 2.24. The minimum Gasteiger partial charge on any atom is -0.388 e. The van der Waals surface area contributed by atoms with Crippen LogP contribution in [0.25, 0.3) is 0 Å². The number of benzene rings is 1. The second-order valence-electron chi connectivity index (χ2n) is 4.74. The molecule has 0 aliphatic carbocycles. The minimum absolute atomic E-state index is 0.152. The molecule has 4 heteroatoms. The number of aliphatic hydroxyl groups excluding tert-OH is 1. The third-order valence-corrected chi connectivity index (χ3v) is 3.30. The van der Waals surface area contributed by atoms with Crippen LogP contribution in [0.1, 0.15) is 49.8 Å². The predicted octanol–water partition coefficient (Wildman–Crippen LogP) is 2.93. The lowest BCUT2D eigenvalue weighted by molar-refractivity contribution is -0.116. The highest BCUT2D eigenvalue weighted by Crippen LogP contribution is 2.30. The summed E-state index contributed by atoms with van der Waals surface area (Å²) in [4.78, 5) is 11.2. The van der Waals surface area contributed by atoms with Crippen LogP contribution in [0.2, 0.25) is 0 Å². The molecule has 1 atom stereocenters. The van der Waals surface area contributed by atoms with Crippen molar-refractivity contribution in [2.45, 2.75) is 45.1 Å². The molecular formula is C14H18FNO2. The minimum atomic E-state index is -0.623. The first-order valence-electron chi connectivity index (χ1n) is 6.42. The third kappa shape index (κ3) is 2.70. The Morgan fingerprint density at radius 2 is 2.22 bits per heavy atom. The molecule has 1 aromatic rings. The second kappa shape index (κ2) is 5.48. The molecule has 1 heterocycles. The number of hydrogen-bond donors (Lipinski definition) is 2. The van der Waals surface area contributed by atoms with Crippen molar-refractivity contribution in [3.05, 3.63) is 29.1 Å². The fourth-order valence-electron chi connectivity index (χ4n) is 2.23. The van der Waals surface area contributed by atoms with Crippen LogP contribution in [0, 0.1) is 5.82 Å². The molecule has 0 radical (unpaired) electrons. The fourth-order valence-corrected chi connectivity index (χ4v) is 2.23. The molecule has 18 heavy (non-hydrogen) atoms. The Labute approximate surface area is 106 Å². The average molecular weight is 251 g/mol. The monoisotopic (exact) mass is 251 g/mol. The van der Waals surface area contributed by atoms with Crippen molar-refractivity contribution in [3.63, 3.8) is 0 Å². The molecule has 0 spiro atoms. The van der Waals surface area contributed by atoms with Crippen LogP contribution in [-0.4, -0.2) is 11.0 Å². The van der Waals surface area contributed by atoms with E-state index in [0.29, 0.717) is 24.8 Å². The van der Waals surface area contributed by atoms with E-state index in [2.05, 4.69) is 12.2 Å². The number of hydrogen-bond acceptors (Lipinski definition) is 2. The maximum absolute atomic E-state index is 13.9. The van der Waals surface area contributed by atoms with Gasteiger partial charge in [0, 0.05) is 6.42 Å². The molecule has 0 fully saturated rings. The summed E-state index contributed by atoms with van der Waals surface area (Å²) in [5, 5.41) is 12.5. The van der Waals surface area contributed by atoms with Gasteiger partial charge in [0.1, 0.15) is 5.82 Å². The van der Waals surface area contributed by atoms with Crippen molar-refractivity contribution in [2.75, 3.05) is 5.32 Å². The molecule has 0 saturated carbocycles. The fraction of sp³-hybridized carbons (Fsp3) is 0.500. The van der Waals surface area contributed by atoms with Gasteiger partial charge in [-0.1, -0.05) is 25.8 Å². The summed E-state index contributed by atoms with van der Waals surface area (Å²) in [6.07, 6.45) is 2.84. The zero-order valence-electron chi connectivity index (χ0n) is 10.5. The summed E-state index contributed by atoms with van der Waals surface area (Å²) in [7, 11) is 0. The summed E-state index contributed by atoms with van der Waals surface area (Å²) >= 11 is 0. The van der Waals surface area contributed by atoms with E-state index in [0.717, 1.165) is 18.4 Å². The number of nitrogens with one attached hydrogen (secondary N) is 1. The average Bonchev–Trinajstić information content (AvgIpc) is 2.36. The van der Waals surface area contributed by atoms with Crippen LogP contribution in [0.5, 0.6) is 0 Å². The van der Waals surface area contributed by atoms with Gasteiger partial charge < -0.3 is 10.4 Å². The first kappa shape index (κ1) is 13.0. The van der Waals surface area contributed by atoms with Gasteiger partial charge in [-0.2, -0.15) is 0 Å². The van der Waals surface area contributed by atoms with Gasteiger partial charge in [0.25, 0.3) is 0 Å². The number of carbonyl (C=O) groups excluding carboxylic acids is 1. The van der Waals surface area contributed by atoms with Crippen LogP contribution >= 0.6 is 0 Å². The van der Waals surface area contributed by atoms with E-state index in [1.807, 2.05) is 0 Å². The van der Waals surface area contributed by atoms with Crippen molar-refractivity contribution < 1.29 is 14.3 Å². The number of carbonyl (C=O) groups is 1. The largest absolute Gasteiger partial charge is 0.388 e. The molecular weight excluding hydrogens is 233 g/mol. The number of fused-ring (bicyclic) bond motifs is 1. The smallest absolute Gasteiger partial charge is 0.224 e. The van der Waals surface area contributed by atoms with Gasteiger partial charge in [0.15, 0.2) is 0 Å². The third-order valence-electron chi connectivity index (χ3n) is 3.30. The van der Waals surface area contributed by atoms with Crippen LogP contribution < -0.4 is 5.32 Å². The molecule has 98 valence electrons. The molecule has 0 bridgehead atoms. The quantitative estimate of drug-likeness (QED) is 0.864. The SMILES string of the molecule is CCCCC(O)c1cc(F)c2c(c1)CCC(=O)N2. The number of unbranched alkanes of at least 4 members (excludes halogenated alkanes) is 1. The zero-order valence-corrected chi connectivity index (χ0v) is 10.5. The maximum Gasteiger partial charge on any atom is 0.224 e. The van der Waals surface area contributed by atoms with Gasteiger partial charge in [-0.25, -0.2) is 4.39 Å². The number of halogens is 1. The van der Waals surface area contributed by atoms with Gasteiger partial charge in [-0.15, -0.1) is 0 Å². The Kier molecular flexibility index (Phi) is 3.97. The van der Waals surface area contributed by atoms with Gasteiger partial charge in [0.2, 0.25) is 5.91 Å². The Morgan fingerprint density at radius 3 is 2.94 bits per heavy atom. The van der Waals surface area contributed by atoms with Gasteiger partial charge in [0.05, 0.1) is 11.8 Å². The molecule has 1 aromatic carbocycles. The molecule has 1 aliphatic heterocycles. The molecule has 1 amide bonds. The molecule has 2 rings (SSSR count). The van der Waals surface area contributed by atoms with Gasteiger partial charge >= 0.3 is 0 Å². The lowest BCUT2D eigenvalue weighted by atomic mass is 9.96. The van der Waals surface area contributed by atoms with E-state index >= 15 is 0 Å². The number of rotatable bonds is 4. The number of amides is 1. The highest BCUT2D eigenvalue weighted by atomic mass is 19.1. The predicted molar refractivity (Wildman–Crippen MR) is 67.8 cm³/mol. The zero-order chi connectivity index (χ0) is 13.1. The molecule has 0 aromatic heterocycles. The Bertz CT molecular complexity index is 459. The normalized spacial score (nSPS) is 16.1. The number of anilines is 1. The first-order valence-corrected chi connectivity index (χ1v) is 6.42. The lowest BCUT2D eigenvalue weighted by Gasteiger charge is -2.20. The van der Waals surface area contributed by atoms with Crippen LogP contribution in [0.15, 0.2) is 12.1 Å². The van der Waals surface area contributed by atoms with Crippen molar-refractivity contribution in [3.8, 4) is 0 Å². The van der Waals surface area contributed by atoms with Crippen LogP contribution in [-0.2, 0) is 11.2 Å². The highest BCUT2D eigenvalue weighted by Gasteiger charge is 2.20. The van der Waals surface area contributed by atoms with Crippen LogP contribution in [0.4, 0.5) is 10.1 Å². The van der Waals surface area contributed by atoms with Crippen molar-refractivity contribution in [1.29, 1.82) is 0 Å². The van der Waals surface area contributed by atoms with Gasteiger partial charge in [-0.3, -0.25) is 4.79 Å². The van der Waals surface area contributed by atoms with E-state index in [-0.39, 0.29) is 11.6 Å². The van der Waals surface area contributed by atoms with Crippen molar-refractivity contribution in [1.82, 2.24) is 0 Å². The Hall–Kier alpha value is -1.42. The van der Waals surface area contributed by atoms with Crippen LogP contribution in [0.3, 0.4) is 0 Å². The molecule has 2 N–H and O–H groups in total. The Morgan fingerprint density at radius 1 is 1.44 bits per heavy atom. The summed E-state index contributed by atoms with van der Waals surface area (Å²) in [6.45, 7) is 2.05. The molecule has 0 saturated heterocycles. The van der Waals surface area contributed by atoms with E-state index in [4.69, 9.17) is 0 Å². The second-order valence-corrected chi connectivity index (χ2v) is 4.74. The summed E-state index contributed by atoms with van der Waals surface area (Å²) in [5.41, 5.74) is 1.66. The van der Waals surface area contributed by atoms with Crippen molar-refractivity contribution >= 4 is 11.6 Å². The number of aryl methyl sites for hydroxylation is 1. The summed E-state index contributed by atoms with van der Waals surface area (Å²) < 4.78 is 13.9. The maximum atomic E-state index is 13.9. The first-order chi connectivity index (χ1) is 8.61. The van der Waals surface area contributed by atoms with Crippen molar-refractivity contribution in [2.24, 2.45) is 0 Å². The highest BCUT2D eigenvalue weighted by molar-refractivity contribution is 5.94. The number of aliphatic hydroxyl groups is 1. The summed E-state index contributed by atoms with van der Waals surface area (Å²) in [6, 6.07) is 3.13. The van der Waals surface area contributed by atoms with Gasteiger partial charge in [-0.05, 0) is 30.0 Å².